The molecule has 0 amide bonds. The van der Waals surface area contributed by atoms with Gasteiger partial charge in [0, 0.05) is 12.2 Å². The fourth-order valence-electron chi connectivity index (χ4n) is 1.86. The molecule has 1 rings (SSSR count). The molecule has 1 N–H and O–H groups in total. The molecule has 0 unspecified atom stereocenters. The first kappa shape index (κ1) is 15.5. The minimum atomic E-state index is -1.21. The van der Waals surface area contributed by atoms with E-state index in [2.05, 4.69) is 0 Å². The van der Waals surface area contributed by atoms with Crippen molar-refractivity contribution in [3.8, 4) is 5.75 Å². The molecular formula is C15H21O4-. The highest BCUT2D eigenvalue weighted by Gasteiger charge is 2.02. The van der Waals surface area contributed by atoms with E-state index in [0.717, 1.165) is 38.5 Å². The van der Waals surface area contributed by atoms with Crippen LogP contribution in [0.25, 0.3) is 0 Å². The lowest BCUT2D eigenvalue weighted by Gasteiger charge is -2.11. The van der Waals surface area contributed by atoms with Gasteiger partial charge in [0.15, 0.2) is 0 Å². The van der Waals surface area contributed by atoms with Crippen LogP contribution in [0.3, 0.4) is 0 Å². The van der Waals surface area contributed by atoms with Gasteiger partial charge in [-0.15, -0.1) is 0 Å². The zero-order valence-corrected chi connectivity index (χ0v) is 11.1. The minimum Gasteiger partial charge on any atom is -0.545 e. The number of ether oxygens (including phenoxy) is 1. The summed E-state index contributed by atoms with van der Waals surface area (Å²) >= 11 is 0. The summed E-state index contributed by atoms with van der Waals surface area (Å²) in [5, 5.41) is 19.5. The molecular weight excluding hydrogens is 244 g/mol. The number of para-hydroxylation sites is 1. The summed E-state index contributed by atoms with van der Waals surface area (Å²) in [6.45, 7) is 0.785. The lowest BCUT2D eigenvalue weighted by molar-refractivity contribution is -0.255. The SMILES string of the molecule is O=C([O-])c1ccccc1OCCCCCCCCO. The summed E-state index contributed by atoms with van der Waals surface area (Å²) in [7, 11) is 0. The first-order valence-electron chi connectivity index (χ1n) is 6.79. The maximum Gasteiger partial charge on any atom is 0.128 e. The van der Waals surface area contributed by atoms with Gasteiger partial charge in [-0.1, -0.05) is 37.8 Å². The van der Waals surface area contributed by atoms with E-state index in [-0.39, 0.29) is 12.2 Å². The Morgan fingerprint density at radius 2 is 1.68 bits per heavy atom. The standard InChI is InChI=1S/C15H22O4/c16-11-7-3-1-2-4-8-12-19-14-10-6-5-9-13(14)15(17)18/h5-6,9-10,16H,1-4,7-8,11-12H2,(H,17,18)/p-1. The van der Waals surface area contributed by atoms with E-state index in [1.54, 1.807) is 18.2 Å². The monoisotopic (exact) mass is 265 g/mol. The molecule has 0 bridgehead atoms. The second-order valence-corrected chi connectivity index (χ2v) is 4.48. The number of hydrogen-bond donors (Lipinski definition) is 1. The summed E-state index contributed by atoms with van der Waals surface area (Å²) in [6, 6.07) is 6.53. The van der Waals surface area contributed by atoms with Crippen molar-refractivity contribution < 1.29 is 19.7 Å². The van der Waals surface area contributed by atoms with Gasteiger partial charge >= 0.3 is 0 Å². The molecule has 0 heterocycles. The zero-order valence-electron chi connectivity index (χ0n) is 11.1. The van der Waals surface area contributed by atoms with Crippen molar-refractivity contribution in [3.63, 3.8) is 0 Å². The van der Waals surface area contributed by atoms with E-state index in [4.69, 9.17) is 9.84 Å². The van der Waals surface area contributed by atoms with E-state index in [1.807, 2.05) is 0 Å². The van der Waals surface area contributed by atoms with E-state index in [9.17, 15) is 9.90 Å². The fraction of sp³-hybridized carbons (Fsp3) is 0.533. The topological polar surface area (TPSA) is 69.6 Å². The molecule has 0 fully saturated rings. The van der Waals surface area contributed by atoms with Crippen molar-refractivity contribution in [1.82, 2.24) is 0 Å². The number of aromatic carboxylic acids is 1. The van der Waals surface area contributed by atoms with Gasteiger partial charge in [-0.3, -0.25) is 0 Å². The number of hydrogen-bond acceptors (Lipinski definition) is 4. The number of aliphatic hydroxyl groups excluding tert-OH is 1. The van der Waals surface area contributed by atoms with Crippen LogP contribution in [0, 0.1) is 0 Å². The highest BCUT2D eigenvalue weighted by atomic mass is 16.5. The normalized spacial score (nSPS) is 10.4. The van der Waals surface area contributed by atoms with E-state index in [0.29, 0.717) is 12.4 Å². The fourth-order valence-corrected chi connectivity index (χ4v) is 1.86. The van der Waals surface area contributed by atoms with Crippen LogP contribution < -0.4 is 9.84 Å². The molecule has 0 saturated heterocycles. The second kappa shape index (κ2) is 9.39. The zero-order chi connectivity index (χ0) is 13.9. The van der Waals surface area contributed by atoms with E-state index in [1.165, 1.54) is 6.07 Å². The number of aliphatic hydroxyl groups is 1. The van der Waals surface area contributed by atoms with Crippen LogP contribution in [0.2, 0.25) is 0 Å². The molecule has 4 nitrogen and oxygen atoms in total. The van der Waals surface area contributed by atoms with Gasteiger partial charge in [0.1, 0.15) is 5.75 Å². The Labute approximate surface area is 114 Å². The third kappa shape index (κ3) is 6.25. The summed E-state index contributed by atoms with van der Waals surface area (Å²) in [5.41, 5.74) is 0.102. The Morgan fingerprint density at radius 1 is 1.05 bits per heavy atom. The number of rotatable bonds is 10. The Kier molecular flexibility index (Phi) is 7.66. The lowest BCUT2D eigenvalue weighted by Crippen LogP contribution is -2.23. The van der Waals surface area contributed by atoms with E-state index >= 15 is 0 Å². The molecule has 1 aromatic carbocycles. The van der Waals surface area contributed by atoms with Crippen molar-refractivity contribution in [3.05, 3.63) is 29.8 Å². The molecule has 0 saturated carbocycles. The summed E-state index contributed by atoms with van der Waals surface area (Å²) in [5.74, 6) is -0.831. The van der Waals surface area contributed by atoms with Crippen molar-refractivity contribution >= 4 is 5.97 Å². The van der Waals surface area contributed by atoms with Gasteiger partial charge < -0.3 is 19.7 Å². The predicted molar refractivity (Wildman–Crippen MR) is 71.1 cm³/mol. The smallest absolute Gasteiger partial charge is 0.128 e. The van der Waals surface area contributed by atoms with Crippen LogP contribution in [-0.4, -0.2) is 24.3 Å². The molecule has 0 spiro atoms. The van der Waals surface area contributed by atoms with Crippen molar-refractivity contribution in [2.24, 2.45) is 0 Å². The molecule has 0 aromatic heterocycles. The molecule has 0 aliphatic heterocycles. The maximum atomic E-state index is 10.8. The number of unbranched alkanes of at least 4 members (excludes halogenated alkanes) is 5. The van der Waals surface area contributed by atoms with Gasteiger partial charge in [-0.2, -0.15) is 0 Å². The highest BCUT2D eigenvalue weighted by Crippen LogP contribution is 2.17. The highest BCUT2D eigenvalue weighted by molar-refractivity contribution is 5.89. The van der Waals surface area contributed by atoms with Crippen molar-refractivity contribution in [1.29, 1.82) is 0 Å². The van der Waals surface area contributed by atoms with Gasteiger partial charge in [-0.25, -0.2) is 0 Å². The van der Waals surface area contributed by atoms with Gasteiger partial charge in [0.05, 0.1) is 12.6 Å². The molecule has 0 aliphatic carbocycles. The van der Waals surface area contributed by atoms with Crippen LogP contribution in [-0.2, 0) is 0 Å². The summed E-state index contributed by atoms with van der Waals surface area (Å²) < 4.78 is 5.47. The molecule has 0 aliphatic rings. The molecule has 106 valence electrons. The number of carboxylic acid groups (broad SMARTS) is 1. The lowest BCUT2D eigenvalue weighted by atomic mass is 10.1. The largest absolute Gasteiger partial charge is 0.545 e. The van der Waals surface area contributed by atoms with Gasteiger partial charge in [-0.05, 0) is 25.0 Å². The van der Waals surface area contributed by atoms with Crippen LogP contribution in [0.5, 0.6) is 5.75 Å². The third-order valence-corrected chi connectivity index (χ3v) is 2.92. The summed E-state index contributed by atoms with van der Waals surface area (Å²) in [4.78, 5) is 10.8. The first-order chi connectivity index (χ1) is 9.25. The van der Waals surface area contributed by atoms with Gasteiger partial charge in [0.25, 0.3) is 0 Å². The predicted octanol–water partition coefficient (Wildman–Crippen LogP) is 1.76. The molecule has 19 heavy (non-hydrogen) atoms. The average molecular weight is 265 g/mol. The molecule has 0 radical (unpaired) electrons. The van der Waals surface area contributed by atoms with Gasteiger partial charge in [0.2, 0.25) is 0 Å². The number of benzene rings is 1. The maximum absolute atomic E-state index is 10.8. The minimum absolute atomic E-state index is 0.102. The second-order valence-electron chi connectivity index (χ2n) is 4.48. The Balaban J connectivity index is 2.17. The first-order valence-corrected chi connectivity index (χ1v) is 6.79. The Morgan fingerprint density at radius 3 is 2.37 bits per heavy atom. The number of carboxylic acids is 1. The third-order valence-electron chi connectivity index (χ3n) is 2.92. The van der Waals surface area contributed by atoms with Crippen LogP contribution in [0.1, 0.15) is 48.9 Å². The quantitative estimate of drug-likeness (QED) is 0.654. The van der Waals surface area contributed by atoms with Crippen LogP contribution in [0.4, 0.5) is 0 Å². The number of carbonyl (C=O) groups excluding carboxylic acids is 1. The molecule has 1 aromatic rings. The van der Waals surface area contributed by atoms with Crippen molar-refractivity contribution in [2.45, 2.75) is 38.5 Å². The molecule has 0 atom stereocenters. The van der Waals surface area contributed by atoms with Crippen LogP contribution in [0.15, 0.2) is 24.3 Å². The van der Waals surface area contributed by atoms with Crippen LogP contribution >= 0.6 is 0 Å². The Hall–Kier alpha value is -1.55. The van der Waals surface area contributed by atoms with E-state index < -0.39 is 5.97 Å². The molecule has 4 heteroatoms. The summed E-state index contributed by atoms with van der Waals surface area (Å²) in [6.07, 6.45) is 6.13. The Bertz CT molecular complexity index is 376. The number of carbonyl (C=O) groups is 1. The van der Waals surface area contributed by atoms with Crippen molar-refractivity contribution in [2.75, 3.05) is 13.2 Å². The average Bonchev–Trinajstić information content (AvgIpc) is 2.42.